The number of halogens is 1. The van der Waals surface area contributed by atoms with E-state index in [1.54, 1.807) is 36.5 Å². The third-order valence-corrected chi connectivity index (χ3v) is 6.47. The molecule has 0 unspecified atom stereocenters. The molecule has 6 nitrogen and oxygen atoms in total. The summed E-state index contributed by atoms with van der Waals surface area (Å²) in [7, 11) is -0.477. The lowest BCUT2D eigenvalue weighted by atomic mass is 10.2. The van der Waals surface area contributed by atoms with Crippen LogP contribution in [0.15, 0.2) is 63.9 Å². The number of nitrogens with zero attached hydrogens (tertiary/aromatic N) is 3. The smallest absolute Gasteiger partial charge is 0.242 e. The third-order valence-electron chi connectivity index (χ3n) is 3.66. The molecule has 3 aromatic rings. The zero-order chi connectivity index (χ0) is 19.4. The van der Waals surface area contributed by atoms with Crippen LogP contribution in [-0.4, -0.2) is 38.0 Å². The van der Waals surface area contributed by atoms with Gasteiger partial charge < -0.3 is 0 Å². The Kier molecular flexibility index (Phi) is 5.91. The summed E-state index contributed by atoms with van der Waals surface area (Å²) in [6.45, 7) is 0. The van der Waals surface area contributed by atoms with Crippen LogP contribution in [0.1, 0.15) is 5.56 Å². The molecule has 1 aromatic heterocycles. The minimum Gasteiger partial charge on any atom is -0.253 e. The maximum atomic E-state index is 12.3. The monoisotopic (exact) mass is 420 g/mol. The first-order valence-electron chi connectivity index (χ1n) is 7.89. The fourth-order valence-electron chi connectivity index (χ4n) is 2.20. The Bertz CT molecular complexity index is 1060. The van der Waals surface area contributed by atoms with Crippen molar-refractivity contribution in [1.29, 1.82) is 0 Å². The summed E-state index contributed by atoms with van der Waals surface area (Å²) in [6.07, 6.45) is 1.67. The van der Waals surface area contributed by atoms with Crippen LogP contribution in [-0.2, 0) is 10.0 Å². The van der Waals surface area contributed by atoms with Crippen molar-refractivity contribution in [3.05, 3.63) is 64.5 Å². The van der Waals surface area contributed by atoms with E-state index < -0.39 is 10.0 Å². The highest BCUT2D eigenvalue weighted by Gasteiger charge is 2.18. The SMILES string of the molecule is CN(C)S(=O)(=O)c1cccc(-c2csc(N/N=C/c3ccc(Cl)cc3)n2)c1. The molecule has 0 radical (unpaired) electrons. The first-order valence-corrected chi connectivity index (χ1v) is 10.6. The van der Waals surface area contributed by atoms with Crippen molar-refractivity contribution in [2.45, 2.75) is 4.90 Å². The van der Waals surface area contributed by atoms with Gasteiger partial charge in [0.25, 0.3) is 0 Å². The van der Waals surface area contributed by atoms with Crippen LogP contribution in [0, 0.1) is 0 Å². The quantitative estimate of drug-likeness (QED) is 0.480. The van der Waals surface area contributed by atoms with Crippen molar-refractivity contribution in [3.8, 4) is 11.3 Å². The number of hydrogen-bond acceptors (Lipinski definition) is 6. The van der Waals surface area contributed by atoms with E-state index in [2.05, 4.69) is 15.5 Å². The van der Waals surface area contributed by atoms with Gasteiger partial charge in [-0.2, -0.15) is 5.10 Å². The van der Waals surface area contributed by atoms with Crippen LogP contribution in [0.5, 0.6) is 0 Å². The molecule has 140 valence electrons. The number of thiazole rings is 1. The number of benzene rings is 2. The predicted octanol–water partition coefficient (Wildman–Crippen LogP) is 4.16. The molecule has 0 saturated heterocycles. The number of anilines is 1. The summed E-state index contributed by atoms with van der Waals surface area (Å²) in [5.41, 5.74) is 5.19. The predicted molar refractivity (Wildman–Crippen MR) is 111 cm³/mol. The molecule has 0 atom stereocenters. The second-order valence-corrected chi connectivity index (χ2v) is 9.22. The van der Waals surface area contributed by atoms with E-state index in [4.69, 9.17) is 11.6 Å². The zero-order valence-electron chi connectivity index (χ0n) is 14.6. The Morgan fingerprint density at radius 1 is 1.19 bits per heavy atom. The first kappa shape index (κ1) is 19.5. The number of hydrazone groups is 1. The molecule has 0 aliphatic carbocycles. The van der Waals surface area contributed by atoms with Crippen molar-refractivity contribution in [3.63, 3.8) is 0 Å². The van der Waals surface area contributed by atoms with Crippen LogP contribution < -0.4 is 5.43 Å². The second-order valence-electron chi connectivity index (χ2n) is 5.77. The molecule has 0 aliphatic rings. The van der Waals surface area contributed by atoms with Crippen LogP contribution in [0.3, 0.4) is 0 Å². The Balaban J connectivity index is 1.75. The van der Waals surface area contributed by atoms with Crippen molar-refractivity contribution >= 4 is 44.3 Å². The highest BCUT2D eigenvalue weighted by Crippen LogP contribution is 2.27. The molecular formula is C18H17ClN4O2S2. The Morgan fingerprint density at radius 2 is 1.93 bits per heavy atom. The number of aromatic nitrogens is 1. The van der Waals surface area contributed by atoms with Crippen LogP contribution in [0.25, 0.3) is 11.3 Å². The molecule has 0 saturated carbocycles. The van der Waals surface area contributed by atoms with Crippen LogP contribution >= 0.6 is 22.9 Å². The molecule has 0 fully saturated rings. The molecule has 0 amide bonds. The zero-order valence-corrected chi connectivity index (χ0v) is 17.0. The van der Waals surface area contributed by atoms with E-state index in [0.29, 0.717) is 15.8 Å². The maximum Gasteiger partial charge on any atom is 0.242 e. The van der Waals surface area contributed by atoms with E-state index in [0.717, 1.165) is 11.1 Å². The lowest BCUT2D eigenvalue weighted by molar-refractivity contribution is 0.521. The van der Waals surface area contributed by atoms with Crippen LogP contribution in [0.2, 0.25) is 5.02 Å². The standard InChI is InChI=1S/C18H17ClN4O2S2/c1-23(2)27(24,25)16-5-3-4-14(10-16)17-12-26-18(21-17)22-20-11-13-6-8-15(19)9-7-13/h3-12H,1-2H3,(H,21,22)/b20-11+. The molecule has 27 heavy (non-hydrogen) atoms. The largest absolute Gasteiger partial charge is 0.253 e. The molecule has 9 heteroatoms. The molecule has 0 bridgehead atoms. The number of sulfonamides is 1. The fraction of sp³-hybridized carbons (Fsp3) is 0.111. The van der Waals surface area contributed by atoms with Gasteiger partial charge in [0.05, 0.1) is 16.8 Å². The summed E-state index contributed by atoms with van der Waals surface area (Å²) >= 11 is 7.23. The lowest BCUT2D eigenvalue weighted by Crippen LogP contribution is -2.22. The van der Waals surface area contributed by atoms with Gasteiger partial charge in [-0.15, -0.1) is 11.3 Å². The Labute approximate surface area is 167 Å². The van der Waals surface area contributed by atoms with Crippen molar-refractivity contribution < 1.29 is 8.42 Å². The van der Waals surface area contributed by atoms with Crippen molar-refractivity contribution in [2.75, 3.05) is 19.5 Å². The number of hydrogen-bond donors (Lipinski definition) is 1. The van der Waals surface area contributed by atoms with E-state index in [1.165, 1.54) is 29.7 Å². The Hall–Kier alpha value is -2.26. The minimum atomic E-state index is -3.49. The summed E-state index contributed by atoms with van der Waals surface area (Å²) in [5.74, 6) is 0. The molecule has 2 aromatic carbocycles. The van der Waals surface area contributed by atoms with Gasteiger partial charge in [0.1, 0.15) is 0 Å². The fourth-order valence-corrected chi connectivity index (χ4v) is 3.94. The van der Waals surface area contributed by atoms with Gasteiger partial charge in [0.15, 0.2) is 0 Å². The number of nitrogens with one attached hydrogen (secondary N) is 1. The van der Waals surface area contributed by atoms with Gasteiger partial charge in [0.2, 0.25) is 15.2 Å². The molecule has 3 rings (SSSR count). The second kappa shape index (κ2) is 8.18. The number of rotatable bonds is 6. The highest BCUT2D eigenvalue weighted by atomic mass is 35.5. The van der Waals surface area contributed by atoms with E-state index in [9.17, 15) is 8.42 Å². The van der Waals surface area contributed by atoms with E-state index >= 15 is 0 Å². The van der Waals surface area contributed by atoms with Crippen LogP contribution in [0.4, 0.5) is 5.13 Å². The Morgan fingerprint density at radius 3 is 2.63 bits per heavy atom. The van der Waals surface area contributed by atoms with Gasteiger partial charge in [-0.05, 0) is 29.8 Å². The molecular weight excluding hydrogens is 404 g/mol. The summed E-state index contributed by atoms with van der Waals surface area (Å²) in [6, 6.07) is 14.0. The third kappa shape index (κ3) is 4.72. The van der Waals surface area contributed by atoms with Crippen molar-refractivity contribution in [1.82, 2.24) is 9.29 Å². The average molecular weight is 421 g/mol. The molecule has 1 heterocycles. The maximum absolute atomic E-state index is 12.3. The van der Waals surface area contributed by atoms with Crippen molar-refractivity contribution in [2.24, 2.45) is 5.10 Å². The van der Waals surface area contributed by atoms with E-state index in [1.807, 2.05) is 23.6 Å². The van der Waals surface area contributed by atoms with Gasteiger partial charge in [0, 0.05) is 30.1 Å². The van der Waals surface area contributed by atoms with Gasteiger partial charge in [-0.25, -0.2) is 17.7 Å². The summed E-state index contributed by atoms with van der Waals surface area (Å²) in [4.78, 5) is 4.69. The summed E-state index contributed by atoms with van der Waals surface area (Å²) in [5, 5.41) is 7.28. The average Bonchev–Trinajstić information content (AvgIpc) is 3.12. The topological polar surface area (TPSA) is 74.7 Å². The summed E-state index contributed by atoms with van der Waals surface area (Å²) < 4.78 is 25.8. The molecule has 0 spiro atoms. The van der Waals surface area contributed by atoms with Gasteiger partial charge >= 0.3 is 0 Å². The minimum absolute atomic E-state index is 0.230. The highest BCUT2D eigenvalue weighted by molar-refractivity contribution is 7.89. The van der Waals surface area contributed by atoms with Gasteiger partial charge in [-0.3, -0.25) is 5.43 Å². The van der Waals surface area contributed by atoms with E-state index in [-0.39, 0.29) is 4.90 Å². The van der Waals surface area contributed by atoms with Gasteiger partial charge in [-0.1, -0.05) is 35.9 Å². The lowest BCUT2D eigenvalue weighted by Gasteiger charge is -2.11. The molecule has 1 N–H and O–H groups in total. The first-order chi connectivity index (χ1) is 12.9. The molecule has 0 aliphatic heterocycles. The normalized spacial score (nSPS) is 12.0.